The molecule has 7 heteroatoms. The van der Waals surface area contributed by atoms with Gasteiger partial charge in [-0.05, 0) is 49.4 Å². The summed E-state index contributed by atoms with van der Waals surface area (Å²) in [5.74, 6) is 1.06. The molecule has 0 amide bonds. The molecule has 0 aromatic heterocycles. The number of phenols is 1. The van der Waals surface area contributed by atoms with Crippen LogP contribution in [0.3, 0.4) is 0 Å². The Hall–Kier alpha value is -1.84. The summed E-state index contributed by atoms with van der Waals surface area (Å²) in [6, 6.07) is 17.9. The van der Waals surface area contributed by atoms with E-state index in [4.69, 9.17) is 4.74 Å². The van der Waals surface area contributed by atoms with Crippen LogP contribution in [-0.4, -0.2) is 54.9 Å². The van der Waals surface area contributed by atoms with E-state index in [1.165, 1.54) is 5.56 Å². The van der Waals surface area contributed by atoms with Crippen molar-refractivity contribution in [1.29, 1.82) is 0 Å². The van der Waals surface area contributed by atoms with Gasteiger partial charge in [0.05, 0.1) is 12.6 Å². The van der Waals surface area contributed by atoms with Crippen LogP contribution in [0.15, 0.2) is 59.6 Å². The largest absolute Gasteiger partial charge is 0.508 e. The SMILES string of the molecule is CCNC(=NCc1cccc(O)c1)NCCCOC1CCN(Cc2ccccc2)CC1.I. The van der Waals surface area contributed by atoms with Gasteiger partial charge in [-0.2, -0.15) is 0 Å². The number of hydrogen-bond donors (Lipinski definition) is 3. The Morgan fingerprint density at radius 1 is 1.06 bits per heavy atom. The van der Waals surface area contributed by atoms with Crippen LogP contribution >= 0.6 is 24.0 Å². The quantitative estimate of drug-likeness (QED) is 0.179. The second-order valence-corrected chi connectivity index (χ2v) is 7.98. The maximum absolute atomic E-state index is 9.57. The Labute approximate surface area is 209 Å². The highest BCUT2D eigenvalue weighted by molar-refractivity contribution is 14.0. The van der Waals surface area contributed by atoms with E-state index in [1.54, 1.807) is 12.1 Å². The summed E-state index contributed by atoms with van der Waals surface area (Å²) in [5, 5.41) is 16.2. The molecule has 2 aromatic carbocycles. The minimum Gasteiger partial charge on any atom is -0.508 e. The van der Waals surface area contributed by atoms with Crippen molar-refractivity contribution in [3.8, 4) is 5.75 Å². The van der Waals surface area contributed by atoms with Crippen molar-refractivity contribution in [3.63, 3.8) is 0 Å². The van der Waals surface area contributed by atoms with Gasteiger partial charge < -0.3 is 20.5 Å². The second-order valence-electron chi connectivity index (χ2n) is 7.98. The number of aliphatic imine (C=N–C) groups is 1. The van der Waals surface area contributed by atoms with Crippen molar-refractivity contribution >= 4 is 29.9 Å². The molecule has 0 radical (unpaired) electrons. The molecule has 0 saturated carbocycles. The maximum Gasteiger partial charge on any atom is 0.191 e. The van der Waals surface area contributed by atoms with Crippen LogP contribution in [0.2, 0.25) is 0 Å². The lowest BCUT2D eigenvalue weighted by atomic mass is 10.1. The third-order valence-corrected chi connectivity index (χ3v) is 5.43. The van der Waals surface area contributed by atoms with E-state index in [1.807, 2.05) is 12.1 Å². The maximum atomic E-state index is 9.57. The molecule has 0 bridgehead atoms. The Bertz CT molecular complexity index is 796. The van der Waals surface area contributed by atoms with E-state index in [0.717, 1.165) is 70.1 Å². The Kier molecular flexibility index (Phi) is 12.4. The number of hydrogen-bond acceptors (Lipinski definition) is 4. The van der Waals surface area contributed by atoms with E-state index < -0.39 is 0 Å². The van der Waals surface area contributed by atoms with Crippen LogP contribution in [0.25, 0.3) is 0 Å². The highest BCUT2D eigenvalue weighted by Crippen LogP contribution is 2.16. The van der Waals surface area contributed by atoms with Crippen molar-refractivity contribution in [3.05, 3.63) is 65.7 Å². The molecule has 0 aliphatic carbocycles. The average Bonchev–Trinajstić information content (AvgIpc) is 2.79. The molecule has 3 rings (SSSR count). The van der Waals surface area contributed by atoms with Crippen molar-refractivity contribution in [2.45, 2.75) is 45.4 Å². The molecule has 1 aliphatic rings. The summed E-state index contributed by atoms with van der Waals surface area (Å²) in [7, 11) is 0. The van der Waals surface area contributed by atoms with Crippen LogP contribution in [0.1, 0.15) is 37.3 Å². The predicted octanol–water partition coefficient (Wildman–Crippen LogP) is 4.14. The number of ether oxygens (including phenoxy) is 1. The zero-order chi connectivity index (χ0) is 21.7. The van der Waals surface area contributed by atoms with Gasteiger partial charge in [0.25, 0.3) is 0 Å². The summed E-state index contributed by atoms with van der Waals surface area (Å²) in [4.78, 5) is 7.11. The van der Waals surface area contributed by atoms with E-state index >= 15 is 0 Å². The first kappa shape index (κ1) is 26.4. The number of phenolic OH excluding ortho intramolecular Hbond substituents is 1. The lowest BCUT2D eigenvalue weighted by molar-refractivity contribution is 0.00534. The third kappa shape index (κ3) is 9.75. The summed E-state index contributed by atoms with van der Waals surface area (Å²) in [6.45, 7) is 8.21. The predicted molar refractivity (Wildman–Crippen MR) is 142 cm³/mol. The summed E-state index contributed by atoms with van der Waals surface area (Å²) in [5.41, 5.74) is 2.37. The van der Waals surface area contributed by atoms with Gasteiger partial charge in [-0.3, -0.25) is 4.90 Å². The van der Waals surface area contributed by atoms with E-state index in [0.29, 0.717) is 12.6 Å². The molecule has 32 heavy (non-hydrogen) atoms. The monoisotopic (exact) mass is 552 g/mol. The van der Waals surface area contributed by atoms with Gasteiger partial charge >= 0.3 is 0 Å². The van der Waals surface area contributed by atoms with E-state index in [9.17, 15) is 5.11 Å². The number of guanidine groups is 1. The number of piperidine rings is 1. The summed E-state index contributed by atoms with van der Waals surface area (Å²) in [6.07, 6.45) is 3.53. The van der Waals surface area contributed by atoms with Crippen molar-refractivity contribution in [1.82, 2.24) is 15.5 Å². The molecule has 0 unspecified atom stereocenters. The minimum atomic E-state index is 0. The zero-order valence-electron chi connectivity index (χ0n) is 19.0. The first-order valence-electron chi connectivity index (χ1n) is 11.4. The third-order valence-electron chi connectivity index (χ3n) is 5.43. The van der Waals surface area contributed by atoms with Crippen molar-refractivity contribution in [2.75, 3.05) is 32.8 Å². The van der Waals surface area contributed by atoms with Crippen LogP contribution in [0.4, 0.5) is 0 Å². The smallest absolute Gasteiger partial charge is 0.191 e. The van der Waals surface area contributed by atoms with Crippen LogP contribution in [0, 0.1) is 0 Å². The summed E-state index contributed by atoms with van der Waals surface area (Å²) >= 11 is 0. The molecule has 1 fully saturated rings. The van der Waals surface area contributed by atoms with Gasteiger partial charge in [-0.1, -0.05) is 42.5 Å². The van der Waals surface area contributed by atoms with Crippen molar-refractivity contribution < 1.29 is 9.84 Å². The fourth-order valence-electron chi connectivity index (χ4n) is 3.77. The number of halogens is 1. The topological polar surface area (TPSA) is 69.1 Å². The molecule has 1 aliphatic heterocycles. The van der Waals surface area contributed by atoms with Crippen LogP contribution < -0.4 is 10.6 Å². The highest BCUT2D eigenvalue weighted by Gasteiger charge is 2.19. The zero-order valence-corrected chi connectivity index (χ0v) is 21.3. The molecule has 0 spiro atoms. The molecule has 3 N–H and O–H groups in total. The first-order chi connectivity index (χ1) is 15.2. The molecular formula is C25H37IN4O2. The van der Waals surface area contributed by atoms with E-state index in [2.05, 4.69) is 57.8 Å². The standard InChI is InChI=1S/C25H36N4O2.HI/c1-2-26-25(28-19-22-10-6-11-23(30)18-22)27-14-7-17-31-24-12-15-29(16-13-24)20-21-8-4-3-5-9-21;/h3-6,8-11,18,24,30H,2,7,12-17,19-20H2,1H3,(H2,26,27,28);1H. The van der Waals surface area contributed by atoms with Crippen LogP contribution in [0.5, 0.6) is 5.75 Å². The second kappa shape index (κ2) is 15.1. The fraction of sp³-hybridized carbons (Fsp3) is 0.480. The van der Waals surface area contributed by atoms with Gasteiger partial charge in [-0.25, -0.2) is 4.99 Å². The molecule has 1 heterocycles. The normalized spacial score (nSPS) is 15.2. The molecule has 0 atom stereocenters. The molecule has 2 aromatic rings. The van der Waals surface area contributed by atoms with Crippen molar-refractivity contribution in [2.24, 2.45) is 4.99 Å². The number of likely N-dealkylation sites (tertiary alicyclic amines) is 1. The Morgan fingerprint density at radius 2 is 1.81 bits per heavy atom. The first-order valence-corrected chi connectivity index (χ1v) is 11.4. The highest BCUT2D eigenvalue weighted by atomic mass is 127. The minimum absolute atomic E-state index is 0. The van der Waals surface area contributed by atoms with E-state index in [-0.39, 0.29) is 29.7 Å². The molecular weight excluding hydrogens is 515 g/mol. The molecule has 176 valence electrons. The average molecular weight is 553 g/mol. The number of benzene rings is 2. The summed E-state index contributed by atoms with van der Waals surface area (Å²) < 4.78 is 6.11. The van der Waals surface area contributed by atoms with Gasteiger partial charge in [0.1, 0.15) is 5.75 Å². The van der Waals surface area contributed by atoms with Crippen LogP contribution in [-0.2, 0) is 17.8 Å². The number of aromatic hydroxyl groups is 1. The molecule has 1 saturated heterocycles. The van der Waals surface area contributed by atoms with Gasteiger partial charge in [-0.15, -0.1) is 24.0 Å². The fourth-order valence-corrected chi connectivity index (χ4v) is 3.77. The van der Waals surface area contributed by atoms with Gasteiger partial charge in [0, 0.05) is 39.3 Å². The lowest BCUT2D eigenvalue weighted by Crippen LogP contribution is -2.38. The number of nitrogens with one attached hydrogen (secondary N) is 2. The van der Waals surface area contributed by atoms with Gasteiger partial charge in [0.2, 0.25) is 0 Å². The van der Waals surface area contributed by atoms with Gasteiger partial charge in [0.15, 0.2) is 5.96 Å². The lowest BCUT2D eigenvalue weighted by Gasteiger charge is -2.32. The Balaban J connectivity index is 0.00000363. The Morgan fingerprint density at radius 3 is 2.53 bits per heavy atom. The molecule has 6 nitrogen and oxygen atoms in total. The number of nitrogens with zero attached hydrogens (tertiary/aromatic N) is 2. The number of rotatable bonds is 10.